The summed E-state index contributed by atoms with van der Waals surface area (Å²) < 4.78 is 0. The molecule has 0 amide bonds. The first-order valence-corrected chi connectivity index (χ1v) is 5.38. The highest BCUT2D eigenvalue weighted by Gasteiger charge is 2.30. The zero-order chi connectivity index (χ0) is 9.97. The van der Waals surface area contributed by atoms with Crippen LogP contribution in [-0.2, 0) is 6.42 Å². The molecule has 0 spiro atoms. The second kappa shape index (κ2) is 4.09. The molecule has 1 atom stereocenters. The van der Waals surface area contributed by atoms with Gasteiger partial charge >= 0.3 is 0 Å². The Labute approximate surface area is 85.7 Å². The van der Waals surface area contributed by atoms with Crippen molar-refractivity contribution in [1.82, 2.24) is 10.3 Å². The van der Waals surface area contributed by atoms with Crippen LogP contribution in [0.5, 0.6) is 0 Å². The molecule has 2 heteroatoms. The second-order valence-corrected chi connectivity index (χ2v) is 4.24. The molecule has 2 nitrogen and oxygen atoms in total. The van der Waals surface area contributed by atoms with Crippen molar-refractivity contribution in [3.8, 4) is 0 Å². The van der Waals surface area contributed by atoms with E-state index in [-0.39, 0.29) is 0 Å². The average molecular weight is 190 g/mol. The van der Waals surface area contributed by atoms with E-state index in [0.29, 0.717) is 6.04 Å². The van der Waals surface area contributed by atoms with E-state index in [0.717, 1.165) is 12.3 Å². The molecule has 2 rings (SSSR count). The molecule has 1 aliphatic rings. The summed E-state index contributed by atoms with van der Waals surface area (Å²) in [6.45, 7) is 2.14. The molecule has 1 heterocycles. The molecule has 0 aliphatic heterocycles. The van der Waals surface area contributed by atoms with Crippen molar-refractivity contribution in [2.45, 2.75) is 32.2 Å². The zero-order valence-electron chi connectivity index (χ0n) is 8.96. The van der Waals surface area contributed by atoms with Gasteiger partial charge < -0.3 is 5.32 Å². The van der Waals surface area contributed by atoms with Gasteiger partial charge in [0.15, 0.2) is 0 Å². The lowest BCUT2D eigenvalue weighted by Gasteiger charge is -2.16. The molecular weight excluding hydrogens is 172 g/mol. The van der Waals surface area contributed by atoms with Crippen LogP contribution in [-0.4, -0.2) is 18.1 Å². The minimum Gasteiger partial charge on any atom is -0.316 e. The van der Waals surface area contributed by atoms with E-state index in [4.69, 9.17) is 0 Å². The molecule has 0 radical (unpaired) electrons. The van der Waals surface area contributed by atoms with E-state index < -0.39 is 0 Å². The van der Waals surface area contributed by atoms with Crippen LogP contribution in [0.25, 0.3) is 0 Å². The Kier molecular flexibility index (Phi) is 2.82. The van der Waals surface area contributed by atoms with E-state index >= 15 is 0 Å². The van der Waals surface area contributed by atoms with Crippen LogP contribution in [0, 0.1) is 12.8 Å². The fraction of sp³-hybridized carbons (Fsp3) is 0.583. The first-order valence-electron chi connectivity index (χ1n) is 5.38. The maximum absolute atomic E-state index is 4.12. The summed E-state index contributed by atoms with van der Waals surface area (Å²) >= 11 is 0. The summed E-state index contributed by atoms with van der Waals surface area (Å²) in [6.07, 6.45) is 7.79. The predicted molar refractivity (Wildman–Crippen MR) is 58.2 cm³/mol. The van der Waals surface area contributed by atoms with Crippen LogP contribution < -0.4 is 5.32 Å². The summed E-state index contributed by atoms with van der Waals surface area (Å²) in [5, 5.41) is 3.42. The van der Waals surface area contributed by atoms with E-state index in [1.165, 1.54) is 24.0 Å². The van der Waals surface area contributed by atoms with Gasteiger partial charge in [-0.3, -0.25) is 4.98 Å². The summed E-state index contributed by atoms with van der Waals surface area (Å²) in [5.74, 6) is 0.910. The number of aromatic nitrogens is 1. The third-order valence-corrected chi connectivity index (χ3v) is 3.14. The lowest BCUT2D eigenvalue weighted by atomic mass is 10.0. The molecule has 1 aromatic rings. The molecule has 0 bridgehead atoms. The van der Waals surface area contributed by atoms with Crippen molar-refractivity contribution >= 4 is 0 Å². The third-order valence-electron chi connectivity index (χ3n) is 3.14. The van der Waals surface area contributed by atoms with Gasteiger partial charge in [-0.15, -0.1) is 0 Å². The van der Waals surface area contributed by atoms with E-state index in [9.17, 15) is 0 Å². The molecule has 1 N–H and O–H groups in total. The number of likely N-dealkylation sites (N-methyl/N-ethyl adjacent to an activating group) is 1. The Balaban J connectivity index is 2.04. The molecule has 76 valence electrons. The average Bonchev–Trinajstić information content (AvgIpc) is 3.00. The molecule has 1 fully saturated rings. The minimum absolute atomic E-state index is 0.663. The number of nitrogens with one attached hydrogen (secondary N) is 1. The van der Waals surface area contributed by atoms with Crippen molar-refractivity contribution in [3.63, 3.8) is 0 Å². The van der Waals surface area contributed by atoms with Crippen molar-refractivity contribution in [1.29, 1.82) is 0 Å². The van der Waals surface area contributed by atoms with Gasteiger partial charge in [-0.25, -0.2) is 0 Å². The van der Waals surface area contributed by atoms with E-state index in [1.54, 1.807) is 0 Å². The normalized spacial score (nSPS) is 18.1. The van der Waals surface area contributed by atoms with Crippen LogP contribution >= 0.6 is 0 Å². The Bertz CT molecular complexity index is 305. The van der Waals surface area contributed by atoms with Crippen LogP contribution in [0.15, 0.2) is 18.5 Å². The van der Waals surface area contributed by atoms with Crippen molar-refractivity contribution < 1.29 is 0 Å². The van der Waals surface area contributed by atoms with Crippen LogP contribution in [0.3, 0.4) is 0 Å². The first-order chi connectivity index (χ1) is 6.81. The standard InChI is InChI=1S/C12H18N2/c1-9-8-14-6-5-11(9)7-12(13-2)10-3-4-10/h5-6,8,10,12-13H,3-4,7H2,1-2H3. The maximum atomic E-state index is 4.12. The molecule has 0 saturated heterocycles. The van der Waals surface area contributed by atoms with Gasteiger partial charge in [-0.05, 0) is 56.3 Å². The molecule has 1 unspecified atom stereocenters. The Morgan fingerprint density at radius 2 is 2.36 bits per heavy atom. The highest BCUT2D eigenvalue weighted by atomic mass is 14.9. The van der Waals surface area contributed by atoms with Gasteiger partial charge in [0, 0.05) is 18.4 Å². The van der Waals surface area contributed by atoms with Gasteiger partial charge in [0.2, 0.25) is 0 Å². The monoisotopic (exact) mass is 190 g/mol. The molecule has 14 heavy (non-hydrogen) atoms. The van der Waals surface area contributed by atoms with Crippen molar-refractivity contribution in [2.75, 3.05) is 7.05 Å². The number of aryl methyl sites for hydroxylation is 1. The lowest BCUT2D eigenvalue weighted by Crippen LogP contribution is -2.29. The predicted octanol–water partition coefficient (Wildman–Crippen LogP) is 1.93. The fourth-order valence-electron chi connectivity index (χ4n) is 1.97. The zero-order valence-corrected chi connectivity index (χ0v) is 8.96. The highest BCUT2D eigenvalue weighted by Crippen LogP contribution is 2.34. The minimum atomic E-state index is 0.663. The van der Waals surface area contributed by atoms with Crippen molar-refractivity contribution in [2.24, 2.45) is 5.92 Å². The third kappa shape index (κ3) is 2.13. The van der Waals surface area contributed by atoms with E-state index in [2.05, 4.69) is 30.3 Å². The number of hydrogen-bond acceptors (Lipinski definition) is 2. The highest BCUT2D eigenvalue weighted by molar-refractivity contribution is 5.23. The first kappa shape index (κ1) is 9.66. The Morgan fingerprint density at radius 3 is 2.93 bits per heavy atom. The smallest absolute Gasteiger partial charge is 0.0299 e. The summed E-state index contributed by atoms with van der Waals surface area (Å²) in [4.78, 5) is 4.12. The number of nitrogens with zero attached hydrogens (tertiary/aromatic N) is 1. The van der Waals surface area contributed by atoms with E-state index in [1.807, 2.05) is 12.4 Å². The number of pyridine rings is 1. The largest absolute Gasteiger partial charge is 0.316 e. The molecule has 1 aromatic heterocycles. The van der Waals surface area contributed by atoms with Crippen LogP contribution in [0.1, 0.15) is 24.0 Å². The van der Waals surface area contributed by atoms with Crippen LogP contribution in [0.4, 0.5) is 0 Å². The number of rotatable bonds is 4. The second-order valence-electron chi connectivity index (χ2n) is 4.24. The van der Waals surface area contributed by atoms with Gasteiger partial charge in [0.1, 0.15) is 0 Å². The Hall–Kier alpha value is -0.890. The summed E-state index contributed by atoms with van der Waals surface area (Å²) in [5.41, 5.74) is 2.75. The van der Waals surface area contributed by atoms with Gasteiger partial charge in [-0.1, -0.05) is 0 Å². The molecular formula is C12H18N2. The van der Waals surface area contributed by atoms with Crippen molar-refractivity contribution in [3.05, 3.63) is 29.6 Å². The topological polar surface area (TPSA) is 24.9 Å². The fourth-order valence-corrected chi connectivity index (χ4v) is 1.97. The quantitative estimate of drug-likeness (QED) is 0.784. The van der Waals surface area contributed by atoms with Gasteiger partial charge in [0.25, 0.3) is 0 Å². The maximum Gasteiger partial charge on any atom is 0.0299 e. The lowest BCUT2D eigenvalue weighted by molar-refractivity contribution is 0.499. The van der Waals surface area contributed by atoms with Crippen LogP contribution in [0.2, 0.25) is 0 Å². The van der Waals surface area contributed by atoms with Gasteiger partial charge in [0.05, 0.1) is 0 Å². The summed E-state index contributed by atoms with van der Waals surface area (Å²) in [6, 6.07) is 2.80. The number of hydrogen-bond donors (Lipinski definition) is 1. The SMILES string of the molecule is CNC(Cc1ccncc1C)C1CC1. The molecule has 1 saturated carbocycles. The molecule has 0 aromatic carbocycles. The summed E-state index contributed by atoms with van der Waals surface area (Å²) in [7, 11) is 2.07. The van der Waals surface area contributed by atoms with Gasteiger partial charge in [-0.2, -0.15) is 0 Å². The molecule has 1 aliphatic carbocycles. The Morgan fingerprint density at radius 1 is 1.57 bits per heavy atom.